The first-order valence-electron chi connectivity index (χ1n) is 4.16. The van der Waals surface area contributed by atoms with Crippen molar-refractivity contribution in [2.24, 2.45) is 5.92 Å². The summed E-state index contributed by atoms with van der Waals surface area (Å²) in [6, 6.07) is 2.32. The first-order chi connectivity index (χ1) is 4.93. The third-order valence-corrected chi connectivity index (χ3v) is 2.09. The van der Waals surface area contributed by atoms with Crippen LogP contribution in [-0.4, -0.2) is 0 Å². The molecule has 1 aliphatic rings. The second kappa shape index (κ2) is 8.59. The topological polar surface area (TPSA) is 23.8 Å². The van der Waals surface area contributed by atoms with Gasteiger partial charge in [0.25, 0.3) is 0 Å². The van der Waals surface area contributed by atoms with Gasteiger partial charge in [0.15, 0.2) is 0 Å². The molecule has 0 bridgehead atoms. The van der Waals surface area contributed by atoms with E-state index in [2.05, 4.69) is 12.5 Å². The van der Waals surface area contributed by atoms with Gasteiger partial charge in [-0.15, -0.1) is 0 Å². The number of nitrogens with zero attached hydrogens (tertiary/aromatic N) is 1. The highest BCUT2D eigenvalue weighted by Crippen LogP contribution is 2.20. The van der Waals surface area contributed by atoms with Gasteiger partial charge in [-0.25, -0.2) is 0 Å². The van der Waals surface area contributed by atoms with Crippen LogP contribution in [0.5, 0.6) is 0 Å². The Morgan fingerprint density at radius 3 is 2.42 bits per heavy atom. The monoisotopic (exact) mass is 164 g/mol. The zero-order chi connectivity index (χ0) is 7.23. The van der Waals surface area contributed by atoms with Crippen molar-refractivity contribution in [2.45, 2.75) is 38.5 Å². The summed E-state index contributed by atoms with van der Waals surface area (Å²) in [5, 5.41) is 8.63. The highest BCUT2D eigenvalue weighted by Gasteiger charge is 2.09. The summed E-state index contributed by atoms with van der Waals surface area (Å²) in [5.74, 6) is 0.250. The molecule has 1 heteroatoms. The molecule has 1 nitrogen and oxygen atoms in total. The Labute approximate surface area is 77.8 Å². The summed E-state index contributed by atoms with van der Waals surface area (Å²) in [7, 11) is 0. The minimum absolute atomic E-state index is 0. The fraction of sp³-hybridized carbons (Fsp3) is 0.636. The molecule has 1 unspecified atom stereocenters. The molecule has 12 heavy (non-hydrogen) atoms. The Balaban J connectivity index is 0. The highest BCUT2D eigenvalue weighted by atomic mass is 14.3. The van der Waals surface area contributed by atoms with E-state index in [9.17, 15) is 0 Å². The molecule has 67 valence electrons. The minimum Gasteiger partial charge on any atom is -0.198 e. The Kier molecular flexibility index (Phi) is 10.0. The van der Waals surface area contributed by atoms with Gasteiger partial charge in [0, 0.05) is 5.92 Å². The lowest BCUT2D eigenvalue weighted by molar-refractivity contribution is 0.514. The molecule has 1 rings (SSSR count). The Hall–Kier alpha value is -0.510. The second-order valence-corrected chi connectivity index (χ2v) is 2.96. The number of hydrogen-bond acceptors (Lipinski definition) is 1. The van der Waals surface area contributed by atoms with E-state index in [0.29, 0.717) is 0 Å². The molecule has 1 saturated carbocycles. The van der Waals surface area contributed by atoms with Crippen molar-refractivity contribution in [3.8, 4) is 6.07 Å². The van der Waals surface area contributed by atoms with Gasteiger partial charge in [-0.3, -0.25) is 0 Å². The molecule has 0 spiro atoms. The maximum atomic E-state index is 8.63. The third kappa shape index (κ3) is 5.18. The largest absolute Gasteiger partial charge is 0.198 e. The van der Waals surface area contributed by atoms with Crippen LogP contribution in [0.2, 0.25) is 0 Å². The lowest BCUT2D eigenvalue weighted by Crippen LogP contribution is -2.00. The van der Waals surface area contributed by atoms with Crippen LogP contribution in [-0.2, 0) is 0 Å². The molecule has 1 atom stereocenters. The quantitative estimate of drug-likeness (QED) is 0.538. The standard InChI is InChI=1S/C9H14N.2CH2/c10-8-9-6-4-2-1-3-5-7-9;;/h6,9H,1-5,7H2;2*1H2. The summed E-state index contributed by atoms with van der Waals surface area (Å²) >= 11 is 0. The molecule has 0 saturated heterocycles. The predicted octanol–water partition coefficient (Wildman–Crippen LogP) is 3.34. The number of rotatable bonds is 0. The Morgan fingerprint density at radius 1 is 1.08 bits per heavy atom. The van der Waals surface area contributed by atoms with Crippen molar-refractivity contribution in [1.29, 1.82) is 5.26 Å². The summed E-state index contributed by atoms with van der Waals surface area (Å²) in [4.78, 5) is 0. The summed E-state index contributed by atoms with van der Waals surface area (Å²) in [6.07, 6.45) is 9.64. The summed E-state index contributed by atoms with van der Waals surface area (Å²) < 4.78 is 0. The smallest absolute Gasteiger partial charge is 0.0658 e. The molecule has 0 amide bonds. The Bertz CT molecular complexity index is 115. The lowest BCUT2D eigenvalue weighted by atomic mass is 9.92. The van der Waals surface area contributed by atoms with Crippen molar-refractivity contribution in [3.63, 3.8) is 0 Å². The molecule has 0 N–H and O–H groups in total. The van der Waals surface area contributed by atoms with Crippen LogP contribution in [0.3, 0.4) is 0 Å². The average molecular weight is 164 g/mol. The molecule has 0 aromatic rings. The van der Waals surface area contributed by atoms with Gasteiger partial charge >= 0.3 is 0 Å². The minimum atomic E-state index is 0. The van der Waals surface area contributed by atoms with E-state index >= 15 is 0 Å². The number of hydrogen-bond donors (Lipinski definition) is 0. The lowest BCUT2D eigenvalue weighted by Gasteiger charge is -2.11. The average Bonchev–Trinajstić information content (AvgIpc) is 1.87. The summed E-state index contributed by atoms with van der Waals surface area (Å²) in [5.41, 5.74) is 0. The van der Waals surface area contributed by atoms with Gasteiger partial charge in [-0.05, 0) is 19.3 Å². The normalized spacial score (nSPS) is 18.9. The number of nitriles is 1. The van der Waals surface area contributed by atoms with Crippen molar-refractivity contribution in [2.75, 3.05) is 0 Å². The first kappa shape index (κ1) is 14.0. The molecule has 5 radical (unpaired) electrons. The van der Waals surface area contributed by atoms with Gasteiger partial charge in [0.2, 0.25) is 0 Å². The van der Waals surface area contributed by atoms with E-state index < -0.39 is 0 Å². The van der Waals surface area contributed by atoms with Crippen LogP contribution in [0.25, 0.3) is 0 Å². The Morgan fingerprint density at radius 2 is 1.75 bits per heavy atom. The molecule has 0 aromatic carbocycles. The highest BCUT2D eigenvalue weighted by molar-refractivity contribution is 4.93. The van der Waals surface area contributed by atoms with E-state index in [0.717, 1.165) is 12.8 Å². The molecule has 1 fully saturated rings. The van der Waals surface area contributed by atoms with Crippen molar-refractivity contribution in [1.82, 2.24) is 0 Å². The molecule has 0 aromatic heterocycles. The zero-order valence-electron chi connectivity index (χ0n) is 7.76. The van der Waals surface area contributed by atoms with Gasteiger partial charge in [-0.2, -0.15) is 5.26 Å². The van der Waals surface area contributed by atoms with Crippen LogP contribution in [0, 0.1) is 38.5 Å². The van der Waals surface area contributed by atoms with Gasteiger partial charge < -0.3 is 0 Å². The SMILES string of the molecule is N#CC1[CH]CCCCCC1.[CH2].[CH2]. The van der Waals surface area contributed by atoms with Gasteiger partial charge in [0.1, 0.15) is 0 Å². The van der Waals surface area contributed by atoms with Crippen molar-refractivity contribution >= 4 is 0 Å². The predicted molar refractivity (Wildman–Crippen MR) is 51.8 cm³/mol. The van der Waals surface area contributed by atoms with Crippen LogP contribution in [0.15, 0.2) is 0 Å². The van der Waals surface area contributed by atoms with E-state index in [1.165, 1.54) is 25.7 Å². The first-order valence-corrected chi connectivity index (χ1v) is 4.16. The molecular formula is C11H18N. The van der Waals surface area contributed by atoms with E-state index in [4.69, 9.17) is 5.26 Å². The van der Waals surface area contributed by atoms with Crippen LogP contribution >= 0.6 is 0 Å². The molecule has 1 aliphatic carbocycles. The zero-order valence-corrected chi connectivity index (χ0v) is 7.76. The van der Waals surface area contributed by atoms with Crippen molar-refractivity contribution in [3.05, 3.63) is 21.3 Å². The summed E-state index contributed by atoms with van der Waals surface area (Å²) in [6.45, 7) is 0. The molecule has 0 aliphatic heterocycles. The van der Waals surface area contributed by atoms with E-state index in [1.54, 1.807) is 0 Å². The van der Waals surface area contributed by atoms with Gasteiger partial charge in [0.05, 0.1) is 6.07 Å². The second-order valence-electron chi connectivity index (χ2n) is 2.96. The van der Waals surface area contributed by atoms with E-state index in [-0.39, 0.29) is 20.8 Å². The molecule has 0 heterocycles. The van der Waals surface area contributed by atoms with Crippen LogP contribution in [0.4, 0.5) is 0 Å². The van der Waals surface area contributed by atoms with Crippen molar-refractivity contribution < 1.29 is 0 Å². The van der Waals surface area contributed by atoms with E-state index in [1.807, 2.05) is 0 Å². The fourth-order valence-corrected chi connectivity index (χ4v) is 1.42. The van der Waals surface area contributed by atoms with Gasteiger partial charge in [-0.1, -0.05) is 40.5 Å². The fourth-order valence-electron chi connectivity index (χ4n) is 1.42. The third-order valence-electron chi connectivity index (χ3n) is 2.09. The molecular weight excluding hydrogens is 146 g/mol. The van der Waals surface area contributed by atoms with Crippen LogP contribution < -0.4 is 0 Å². The van der Waals surface area contributed by atoms with Crippen LogP contribution in [0.1, 0.15) is 38.5 Å². The maximum Gasteiger partial charge on any atom is 0.0658 e. The maximum absolute atomic E-state index is 8.63.